The van der Waals surface area contributed by atoms with Crippen LogP contribution in [0, 0.1) is 5.92 Å². The van der Waals surface area contributed by atoms with Crippen LogP contribution in [-0.2, 0) is 19.1 Å². The van der Waals surface area contributed by atoms with Gasteiger partial charge in [-0.2, -0.15) is 0 Å². The molecule has 7 nitrogen and oxygen atoms in total. The molecule has 0 N–H and O–H groups in total. The van der Waals surface area contributed by atoms with E-state index in [-0.39, 0.29) is 23.8 Å². The molecule has 29 heavy (non-hydrogen) atoms. The van der Waals surface area contributed by atoms with Crippen LogP contribution in [0.2, 0.25) is 5.02 Å². The minimum absolute atomic E-state index is 0.0561. The van der Waals surface area contributed by atoms with Crippen LogP contribution in [0.25, 0.3) is 0 Å². The highest BCUT2D eigenvalue weighted by Crippen LogP contribution is 2.27. The number of piperidine rings is 1. The SMILES string of the molecule is COCCC(=O)N1CC[C@H](Oc2ccc(Cl)cc2)[C@@H](CC(=O)N2CCOCC2)C1. The number of carbonyl (C=O) groups is 2. The van der Waals surface area contributed by atoms with Crippen molar-refractivity contribution in [3.63, 3.8) is 0 Å². The summed E-state index contributed by atoms with van der Waals surface area (Å²) in [5.41, 5.74) is 0. The van der Waals surface area contributed by atoms with Gasteiger partial charge in [-0.15, -0.1) is 0 Å². The summed E-state index contributed by atoms with van der Waals surface area (Å²) >= 11 is 5.96. The van der Waals surface area contributed by atoms with Gasteiger partial charge in [-0.25, -0.2) is 0 Å². The van der Waals surface area contributed by atoms with Crippen LogP contribution in [0.5, 0.6) is 5.75 Å². The monoisotopic (exact) mass is 424 g/mol. The fourth-order valence-electron chi connectivity index (χ4n) is 3.79. The maximum atomic E-state index is 12.8. The quantitative estimate of drug-likeness (QED) is 0.671. The lowest BCUT2D eigenvalue weighted by Crippen LogP contribution is -2.50. The molecule has 1 aromatic carbocycles. The number of methoxy groups -OCH3 is 1. The molecule has 2 aliphatic rings. The Bertz CT molecular complexity index is 678. The maximum Gasteiger partial charge on any atom is 0.224 e. The summed E-state index contributed by atoms with van der Waals surface area (Å²) in [6.45, 7) is 3.90. The first-order valence-electron chi connectivity index (χ1n) is 10.1. The van der Waals surface area contributed by atoms with Crippen molar-refractivity contribution in [2.75, 3.05) is 53.1 Å². The van der Waals surface area contributed by atoms with Crippen LogP contribution in [-0.4, -0.2) is 80.8 Å². The summed E-state index contributed by atoms with van der Waals surface area (Å²) in [6, 6.07) is 7.24. The molecule has 2 atom stereocenters. The highest BCUT2D eigenvalue weighted by Gasteiger charge is 2.35. The van der Waals surface area contributed by atoms with Gasteiger partial charge < -0.3 is 24.0 Å². The largest absolute Gasteiger partial charge is 0.490 e. The van der Waals surface area contributed by atoms with Gasteiger partial charge in [0.25, 0.3) is 0 Å². The Hall–Kier alpha value is -1.83. The second kappa shape index (κ2) is 10.8. The van der Waals surface area contributed by atoms with E-state index in [1.165, 1.54) is 0 Å². The molecule has 0 unspecified atom stereocenters. The highest BCUT2D eigenvalue weighted by atomic mass is 35.5. The molecule has 2 fully saturated rings. The molecule has 0 spiro atoms. The van der Waals surface area contributed by atoms with E-state index in [0.29, 0.717) is 70.3 Å². The molecule has 1 aromatic rings. The van der Waals surface area contributed by atoms with Crippen molar-refractivity contribution < 1.29 is 23.8 Å². The molecule has 2 heterocycles. The first kappa shape index (κ1) is 21.9. The first-order valence-corrected chi connectivity index (χ1v) is 10.5. The Morgan fingerprint density at radius 3 is 2.52 bits per heavy atom. The zero-order chi connectivity index (χ0) is 20.6. The van der Waals surface area contributed by atoms with Crippen molar-refractivity contribution in [3.8, 4) is 5.75 Å². The minimum atomic E-state index is -0.132. The molecule has 2 aliphatic heterocycles. The van der Waals surface area contributed by atoms with Crippen LogP contribution in [0.15, 0.2) is 24.3 Å². The van der Waals surface area contributed by atoms with Gasteiger partial charge in [-0.3, -0.25) is 9.59 Å². The lowest BCUT2D eigenvalue weighted by molar-refractivity contribution is -0.141. The van der Waals surface area contributed by atoms with E-state index in [1.54, 1.807) is 19.2 Å². The standard InChI is InChI=1S/C21H29ClN2O5/c1-27-11-7-20(25)24-8-6-19(29-18-4-2-17(22)3-5-18)16(15-24)14-21(26)23-9-12-28-13-10-23/h2-5,16,19H,6-15H2,1H3/t16-,19-/m0/s1. The normalized spacial score (nSPS) is 22.4. The molecule has 3 rings (SSSR count). The van der Waals surface area contributed by atoms with Crippen molar-refractivity contribution in [1.82, 2.24) is 9.80 Å². The van der Waals surface area contributed by atoms with Gasteiger partial charge in [0.15, 0.2) is 0 Å². The number of nitrogens with zero attached hydrogens (tertiary/aromatic N) is 2. The number of rotatable bonds is 7. The van der Waals surface area contributed by atoms with Crippen molar-refractivity contribution in [1.29, 1.82) is 0 Å². The third-order valence-corrected chi connectivity index (χ3v) is 5.69. The zero-order valence-electron chi connectivity index (χ0n) is 16.8. The van der Waals surface area contributed by atoms with Crippen LogP contribution in [0.3, 0.4) is 0 Å². The fraction of sp³-hybridized carbons (Fsp3) is 0.619. The van der Waals surface area contributed by atoms with Crippen LogP contribution in [0.4, 0.5) is 0 Å². The molecular weight excluding hydrogens is 396 g/mol. The Morgan fingerprint density at radius 1 is 1.10 bits per heavy atom. The Balaban J connectivity index is 1.67. The smallest absolute Gasteiger partial charge is 0.224 e. The predicted octanol–water partition coefficient (Wildman–Crippen LogP) is 2.22. The molecule has 0 saturated carbocycles. The van der Waals surface area contributed by atoms with Gasteiger partial charge in [0.05, 0.1) is 26.2 Å². The summed E-state index contributed by atoms with van der Waals surface area (Å²) in [6.07, 6.45) is 1.26. The van der Waals surface area contributed by atoms with Gasteiger partial charge in [-0.1, -0.05) is 11.6 Å². The minimum Gasteiger partial charge on any atom is -0.490 e. The number of carbonyl (C=O) groups excluding carboxylic acids is 2. The molecule has 2 amide bonds. The summed E-state index contributed by atoms with van der Waals surface area (Å²) < 4.78 is 16.6. The van der Waals surface area contributed by atoms with Crippen molar-refractivity contribution >= 4 is 23.4 Å². The number of likely N-dealkylation sites (tertiary alicyclic amines) is 1. The van der Waals surface area contributed by atoms with Crippen LogP contribution >= 0.6 is 11.6 Å². The predicted molar refractivity (Wildman–Crippen MR) is 109 cm³/mol. The number of hydrogen-bond acceptors (Lipinski definition) is 5. The molecule has 0 aromatic heterocycles. The topological polar surface area (TPSA) is 68.3 Å². The van der Waals surface area contributed by atoms with E-state index in [9.17, 15) is 9.59 Å². The van der Waals surface area contributed by atoms with Crippen LogP contribution in [0.1, 0.15) is 19.3 Å². The molecule has 160 valence electrons. The Kier molecular flexibility index (Phi) is 8.15. The van der Waals surface area contributed by atoms with E-state index < -0.39 is 0 Å². The number of hydrogen-bond donors (Lipinski definition) is 0. The molecule has 0 bridgehead atoms. The number of ether oxygens (including phenoxy) is 3. The molecule has 8 heteroatoms. The van der Waals surface area contributed by atoms with Gasteiger partial charge in [0, 0.05) is 57.1 Å². The van der Waals surface area contributed by atoms with Gasteiger partial charge in [-0.05, 0) is 24.3 Å². The summed E-state index contributed by atoms with van der Waals surface area (Å²) in [7, 11) is 1.59. The molecular formula is C21H29ClN2O5. The number of amides is 2. The third kappa shape index (κ3) is 6.32. The average Bonchev–Trinajstić information content (AvgIpc) is 2.75. The van der Waals surface area contributed by atoms with Gasteiger partial charge in [0.1, 0.15) is 11.9 Å². The number of morpholine rings is 1. The molecule has 2 saturated heterocycles. The molecule has 0 radical (unpaired) electrons. The summed E-state index contributed by atoms with van der Waals surface area (Å²) in [4.78, 5) is 29.0. The van der Waals surface area contributed by atoms with Crippen molar-refractivity contribution in [2.45, 2.75) is 25.4 Å². The van der Waals surface area contributed by atoms with E-state index in [0.717, 1.165) is 5.75 Å². The maximum absolute atomic E-state index is 12.8. The van der Waals surface area contributed by atoms with Crippen LogP contribution < -0.4 is 4.74 Å². The van der Waals surface area contributed by atoms with E-state index in [2.05, 4.69) is 0 Å². The van der Waals surface area contributed by atoms with E-state index >= 15 is 0 Å². The molecule has 0 aliphatic carbocycles. The van der Waals surface area contributed by atoms with Crippen molar-refractivity contribution in [2.24, 2.45) is 5.92 Å². The van der Waals surface area contributed by atoms with E-state index in [1.807, 2.05) is 21.9 Å². The highest BCUT2D eigenvalue weighted by molar-refractivity contribution is 6.30. The summed E-state index contributed by atoms with van der Waals surface area (Å²) in [5, 5.41) is 0.648. The Labute approximate surface area is 176 Å². The van der Waals surface area contributed by atoms with Crippen molar-refractivity contribution in [3.05, 3.63) is 29.3 Å². The Morgan fingerprint density at radius 2 is 1.83 bits per heavy atom. The average molecular weight is 425 g/mol. The fourth-order valence-corrected chi connectivity index (χ4v) is 3.92. The number of halogens is 1. The van der Waals surface area contributed by atoms with Gasteiger partial charge in [0.2, 0.25) is 11.8 Å². The lowest BCUT2D eigenvalue weighted by atomic mass is 9.90. The second-order valence-electron chi connectivity index (χ2n) is 7.44. The van der Waals surface area contributed by atoms with Gasteiger partial charge >= 0.3 is 0 Å². The third-order valence-electron chi connectivity index (χ3n) is 5.44. The number of benzene rings is 1. The van der Waals surface area contributed by atoms with E-state index in [4.69, 9.17) is 25.8 Å². The summed E-state index contributed by atoms with van der Waals surface area (Å²) in [5.74, 6) is 0.804. The zero-order valence-corrected chi connectivity index (χ0v) is 17.6. The first-order chi connectivity index (χ1) is 14.1. The second-order valence-corrected chi connectivity index (χ2v) is 7.88. The lowest BCUT2D eigenvalue weighted by Gasteiger charge is -2.39.